The largest absolute Gasteiger partial charge is 0.0853 e. The van der Waals surface area contributed by atoms with Gasteiger partial charge in [0.25, 0.3) is 0 Å². The van der Waals surface area contributed by atoms with Crippen LogP contribution < -0.4 is 0 Å². The van der Waals surface area contributed by atoms with E-state index in [2.05, 4.69) is 68.4 Å². The zero-order chi connectivity index (χ0) is 25.4. The molecule has 2 saturated carbocycles. The Morgan fingerprint density at radius 2 is 1.59 bits per heavy atom. The zero-order valence-electron chi connectivity index (χ0n) is 25.1. The maximum atomic E-state index is 2.69. The molecule has 2 rings (SSSR count). The fourth-order valence-electron chi connectivity index (χ4n) is 8.57. The van der Waals surface area contributed by atoms with Gasteiger partial charge in [-0.2, -0.15) is 0 Å². The molecular formula is C34H64. The zero-order valence-corrected chi connectivity index (χ0v) is 25.1. The molecular weight excluding hydrogens is 408 g/mol. The first kappa shape index (κ1) is 30.0. The maximum Gasteiger partial charge on any atom is -0.0206 e. The van der Waals surface area contributed by atoms with Gasteiger partial charge in [-0.05, 0) is 111 Å². The molecule has 0 bridgehead atoms. The second-order valence-corrected chi connectivity index (χ2v) is 13.6. The van der Waals surface area contributed by atoms with Gasteiger partial charge in [0, 0.05) is 0 Å². The summed E-state index contributed by atoms with van der Waals surface area (Å²) in [5.74, 6) is 5.54. The summed E-state index contributed by atoms with van der Waals surface area (Å²) in [6.07, 6.45) is 23.9. The number of fused-ring (bicyclic) bond motifs is 1. The van der Waals surface area contributed by atoms with Crippen molar-refractivity contribution in [3.63, 3.8) is 0 Å². The van der Waals surface area contributed by atoms with E-state index in [4.69, 9.17) is 0 Å². The van der Waals surface area contributed by atoms with Gasteiger partial charge in [-0.3, -0.25) is 0 Å². The first-order chi connectivity index (χ1) is 16.2. The highest BCUT2D eigenvalue weighted by atomic mass is 14.6. The minimum Gasteiger partial charge on any atom is -0.0853 e. The van der Waals surface area contributed by atoms with Crippen molar-refractivity contribution in [3.8, 4) is 0 Å². The van der Waals surface area contributed by atoms with E-state index in [0.717, 1.165) is 35.5 Å². The van der Waals surface area contributed by atoms with E-state index in [-0.39, 0.29) is 0 Å². The van der Waals surface area contributed by atoms with Crippen LogP contribution in [0.1, 0.15) is 159 Å². The van der Waals surface area contributed by atoms with E-state index < -0.39 is 0 Å². The van der Waals surface area contributed by atoms with Gasteiger partial charge in [-0.15, -0.1) is 0 Å². The monoisotopic (exact) mass is 473 g/mol. The van der Waals surface area contributed by atoms with Crippen LogP contribution >= 0.6 is 0 Å². The summed E-state index contributed by atoms with van der Waals surface area (Å²) in [4.78, 5) is 0. The van der Waals surface area contributed by atoms with Crippen molar-refractivity contribution in [3.05, 3.63) is 11.6 Å². The van der Waals surface area contributed by atoms with Crippen LogP contribution in [0.3, 0.4) is 0 Å². The molecule has 0 aromatic heterocycles. The third-order valence-corrected chi connectivity index (χ3v) is 11.6. The standard InChI is InChI=1S/C34H64/c1-10-26(6)19-23-34(9)22-16-18-30-31(14-5)33(8,24-20-32(30)34)21-15-17-27(7)29(13-4)25-28(11-2)12-3/h17,26,28-32H,10-16,18-25H2,1-9H3/b27-17-. The van der Waals surface area contributed by atoms with Crippen molar-refractivity contribution in [2.75, 3.05) is 0 Å². The fraction of sp³-hybridized carbons (Fsp3) is 0.941. The van der Waals surface area contributed by atoms with Crippen LogP contribution in [-0.2, 0) is 0 Å². The molecule has 2 fully saturated rings. The molecule has 0 heteroatoms. The molecule has 2 aliphatic rings. The van der Waals surface area contributed by atoms with E-state index in [0.29, 0.717) is 10.8 Å². The summed E-state index contributed by atoms with van der Waals surface area (Å²) in [5.41, 5.74) is 2.86. The molecule has 7 atom stereocenters. The Morgan fingerprint density at radius 3 is 2.18 bits per heavy atom. The molecule has 0 spiro atoms. The predicted octanol–water partition coefficient (Wildman–Crippen LogP) is 11.6. The maximum absolute atomic E-state index is 2.69. The molecule has 0 aromatic rings. The van der Waals surface area contributed by atoms with Crippen LogP contribution in [-0.4, -0.2) is 0 Å². The lowest BCUT2D eigenvalue weighted by Gasteiger charge is -2.57. The fourth-order valence-corrected chi connectivity index (χ4v) is 8.57. The number of hydrogen-bond donors (Lipinski definition) is 0. The van der Waals surface area contributed by atoms with Crippen LogP contribution in [0, 0.1) is 46.3 Å². The number of allylic oxidation sites excluding steroid dienone is 2. The van der Waals surface area contributed by atoms with Crippen molar-refractivity contribution in [1.29, 1.82) is 0 Å². The van der Waals surface area contributed by atoms with E-state index in [1.54, 1.807) is 5.57 Å². The van der Waals surface area contributed by atoms with Crippen LogP contribution in [0.5, 0.6) is 0 Å². The SMILES string of the molecule is CCC(C)CCC1(C)CCCC2C(CC)C(C)(CC/C=C(/C)C(CC)CC(CC)CC)CCC21. The topological polar surface area (TPSA) is 0 Å². The van der Waals surface area contributed by atoms with E-state index in [9.17, 15) is 0 Å². The molecule has 0 amide bonds. The summed E-state index contributed by atoms with van der Waals surface area (Å²) in [6.45, 7) is 22.3. The molecule has 0 heterocycles. The number of rotatable bonds is 14. The third kappa shape index (κ3) is 7.38. The van der Waals surface area contributed by atoms with Gasteiger partial charge in [0.15, 0.2) is 0 Å². The molecule has 0 saturated heterocycles. The van der Waals surface area contributed by atoms with Crippen molar-refractivity contribution >= 4 is 0 Å². The molecule has 0 aromatic carbocycles. The average Bonchev–Trinajstić information content (AvgIpc) is 2.83. The molecule has 200 valence electrons. The summed E-state index contributed by atoms with van der Waals surface area (Å²) < 4.78 is 0. The highest BCUT2D eigenvalue weighted by Crippen LogP contribution is 2.61. The van der Waals surface area contributed by atoms with Crippen LogP contribution in [0.4, 0.5) is 0 Å². The van der Waals surface area contributed by atoms with Gasteiger partial charge in [0.2, 0.25) is 0 Å². The number of hydrogen-bond acceptors (Lipinski definition) is 0. The Bertz CT molecular complexity index is 597. The summed E-state index contributed by atoms with van der Waals surface area (Å²) in [7, 11) is 0. The molecule has 2 aliphatic carbocycles. The van der Waals surface area contributed by atoms with Gasteiger partial charge in [0.05, 0.1) is 0 Å². The predicted molar refractivity (Wildman–Crippen MR) is 154 cm³/mol. The van der Waals surface area contributed by atoms with Gasteiger partial charge < -0.3 is 0 Å². The van der Waals surface area contributed by atoms with Crippen LogP contribution in [0.25, 0.3) is 0 Å². The van der Waals surface area contributed by atoms with Gasteiger partial charge >= 0.3 is 0 Å². The second-order valence-electron chi connectivity index (χ2n) is 13.6. The van der Waals surface area contributed by atoms with E-state index in [1.165, 1.54) is 96.3 Å². The minimum atomic E-state index is 0.554. The molecule has 34 heavy (non-hydrogen) atoms. The Labute approximate surface area is 216 Å². The normalized spacial score (nSPS) is 34.2. The molecule has 0 aliphatic heterocycles. The average molecular weight is 473 g/mol. The third-order valence-electron chi connectivity index (χ3n) is 11.6. The van der Waals surface area contributed by atoms with Gasteiger partial charge in [-0.1, -0.05) is 106 Å². The first-order valence-electron chi connectivity index (χ1n) is 15.8. The first-order valence-corrected chi connectivity index (χ1v) is 15.8. The van der Waals surface area contributed by atoms with Gasteiger partial charge in [-0.25, -0.2) is 0 Å². The molecule has 0 N–H and O–H groups in total. The Kier molecular flexibility index (Phi) is 12.2. The van der Waals surface area contributed by atoms with E-state index in [1.807, 2.05) is 0 Å². The lowest BCUT2D eigenvalue weighted by Crippen LogP contribution is -2.49. The quantitative estimate of drug-likeness (QED) is 0.220. The van der Waals surface area contributed by atoms with E-state index >= 15 is 0 Å². The van der Waals surface area contributed by atoms with Crippen molar-refractivity contribution in [2.45, 2.75) is 159 Å². The Hall–Kier alpha value is -0.260. The van der Waals surface area contributed by atoms with Crippen molar-refractivity contribution in [2.24, 2.45) is 46.3 Å². The van der Waals surface area contributed by atoms with Crippen molar-refractivity contribution in [1.82, 2.24) is 0 Å². The Balaban J connectivity index is 2.05. The lowest BCUT2D eigenvalue weighted by atomic mass is 9.47. The van der Waals surface area contributed by atoms with Crippen LogP contribution in [0.2, 0.25) is 0 Å². The highest BCUT2D eigenvalue weighted by Gasteiger charge is 2.51. The van der Waals surface area contributed by atoms with Crippen LogP contribution in [0.15, 0.2) is 11.6 Å². The second kappa shape index (κ2) is 13.9. The van der Waals surface area contributed by atoms with Crippen molar-refractivity contribution < 1.29 is 0 Å². The summed E-state index contributed by atoms with van der Waals surface area (Å²) >= 11 is 0. The molecule has 7 unspecified atom stereocenters. The molecule has 0 radical (unpaired) electrons. The van der Waals surface area contributed by atoms with Gasteiger partial charge in [0.1, 0.15) is 0 Å². The minimum absolute atomic E-state index is 0.554. The lowest BCUT2D eigenvalue weighted by molar-refractivity contribution is -0.0776. The summed E-state index contributed by atoms with van der Waals surface area (Å²) in [6, 6.07) is 0. The highest BCUT2D eigenvalue weighted by molar-refractivity contribution is 5.06. The Morgan fingerprint density at radius 1 is 0.882 bits per heavy atom. The molecule has 0 nitrogen and oxygen atoms in total. The summed E-state index contributed by atoms with van der Waals surface area (Å²) in [5, 5.41) is 0. The smallest absolute Gasteiger partial charge is 0.0206 e.